The third kappa shape index (κ3) is 4.99. The van der Waals surface area contributed by atoms with E-state index in [2.05, 4.69) is 6.92 Å². The van der Waals surface area contributed by atoms with Gasteiger partial charge in [0.1, 0.15) is 10.6 Å². The molecule has 0 aromatic heterocycles. The number of nitrogens with zero attached hydrogens (tertiary/aromatic N) is 1. The SMILES string of the molecule is CC1CCC(C(=O)N2CC[C@](c3ccc(C(O)(C(F)(F)F)C(F)(F)F)cc3)(S(=O)(=O)c3ccc(F)cc3)C2)CC1. The van der Waals surface area contributed by atoms with Crippen LogP contribution in [-0.2, 0) is 25.0 Å². The smallest absolute Gasteiger partial charge is 0.369 e. The highest BCUT2D eigenvalue weighted by Crippen LogP contribution is 2.51. The molecule has 1 aliphatic carbocycles. The molecule has 40 heavy (non-hydrogen) atoms. The standard InChI is InChI=1S/C27H28F7NO4S/c1-17-2-4-18(5-3-17)23(36)35-15-14-24(16-35,40(38,39)22-12-10-21(28)11-13-22)19-6-8-20(9-7-19)25(37,26(29,30)31)27(32,33)34/h6-13,17-18,37H,2-5,14-16H2,1H3/t17?,18?,24-/m0/s1. The average molecular weight is 596 g/mol. The predicted octanol–water partition coefficient (Wildman–Crippen LogP) is 5.87. The summed E-state index contributed by atoms with van der Waals surface area (Å²) in [6, 6.07) is 6.25. The molecule has 220 valence electrons. The molecule has 5 nitrogen and oxygen atoms in total. The van der Waals surface area contributed by atoms with E-state index in [1.807, 2.05) is 0 Å². The van der Waals surface area contributed by atoms with E-state index in [0.29, 0.717) is 30.9 Å². The Kier molecular flexibility index (Phi) is 7.81. The molecule has 1 N–H and O–H groups in total. The largest absolute Gasteiger partial charge is 0.430 e. The fourth-order valence-corrected chi connectivity index (χ4v) is 7.77. The predicted molar refractivity (Wildman–Crippen MR) is 130 cm³/mol. The Hall–Kier alpha value is -2.67. The fraction of sp³-hybridized carbons (Fsp3) is 0.519. The van der Waals surface area contributed by atoms with Crippen molar-refractivity contribution in [3.63, 3.8) is 0 Å². The van der Waals surface area contributed by atoms with E-state index in [-0.39, 0.29) is 41.8 Å². The number of halogens is 7. The van der Waals surface area contributed by atoms with Crippen LogP contribution in [-0.4, -0.2) is 49.8 Å². The van der Waals surface area contributed by atoms with Crippen molar-refractivity contribution in [2.24, 2.45) is 11.8 Å². The maximum atomic E-state index is 14.0. The minimum atomic E-state index is -6.11. The van der Waals surface area contributed by atoms with Gasteiger partial charge in [0.2, 0.25) is 5.91 Å². The van der Waals surface area contributed by atoms with Crippen LogP contribution in [0.3, 0.4) is 0 Å². The van der Waals surface area contributed by atoms with E-state index in [9.17, 15) is 49.1 Å². The van der Waals surface area contributed by atoms with Gasteiger partial charge in [0.05, 0.1) is 4.90 Å². The minimum Gasteiger partial charge on any atom is -0.369 e. The van der Waals surface area contributed by atoms with Crippen LogP contribution in [0.1, 0.15) is 50.2 Å². The molecule has 0 spiro atoms. The van der Waals surface area contributed by atoms with E-state index in [1.165, 1.54) is 4.90 Å². The van der Waals surface area contributed by atoms with E-state index in [1.54, 1.807) is 0 Å². The van der Waals surface area contributed by atoms with E-state index >= 15 is 0 Å². The molecule has 1 saturated heterocycles. The molecule has 1 aliphatic heterocycles. The summed E-state index contributed by atoms with van der Waals surface area (Å²) in [5, 5.41) is 9.76. The zero-order chi connectivity index (χ0) is 29.7. The highest BCUT2D eigenvalue weighted by atomic mass is 32.2. The Labute approximate surface area is 226 Å². The van der Waals surface area contributed by atoms with Crippen LogP contribution >= 0.6 is 0 Å². The number of benzene rings is 2. The molecule has 1 atom stereocenters. The molecule has 1 amide bonds. The number of aliphatic hydroxyl groups is 1. The minimum absolute atomic E-state index is 0.0118. The maximum Gasteiger partial charge on any atom is 0.430 e. The molecule has 0 unspecified atom stereocenters. The lowest BCUT2D eigenvalue weighted by Crippen LogP contribution is -2.54. The van der Waals surface area contributed by atoms with Crippen molar-refractivity contribution >= 4 is 15.7 Å². The molecule has 2 aliphatic rings. The second kappa shape index (κ2) is 10.3. The van der Waals surface area contributed by atoms with Gasteiger partial charge in [-0.3, -0.25) is 4.79 Å². The van der Waals surface area contributed by atoms with Crippen LogP contribution in [0.4, 0.5) is 30.7 Å². The van der Waals surface area contributed by atoms with Crippen molar-refractivity contribution in [2.45, 2.75) is 66.6 Å². The lowest BCUT2D eigenvalue weighted by Gasteiger charge is -2.34. The van der Waals surface area contributed by atoms with Crippen molar-refractivity contribution in [2.75, 3.05) is 13.1 Å². The Morgan fingerprint density at radius 3 is 1.93 bits per heavy atom. The van der Waals surface area contributed by atoms with E-state index < -0.39 is 43.9 Å². The van der Waals surface area contributed by atoms with Crippen LogP contribution in [0.2, 0.25) is 0 Å². The summed E-state index contributed by atoms with van der Waals surface area (Å²) in [6.07, 6.45) is -9.52. The quantitative estimate of drug-likeness (QED) is 0.347. The van der Waals surface area contributed by atoms with Crippen LogP contribution in [0.15, 0.2) is 53.4 Å². The van der Waals surface area contributed by atoms with Crippen molar-refractivity contribution in [3.8, 4) is 0 Å². The van der Waals surface area contributed by atoms with Gasteiger partial charge in [-0.1, -0.05) is 31.2 Å². The van der Waals surface area contributed by atoms with Gasteiger partial charge in [-0.05, 0) is 67.9 Å². The van der Waals surface area contributed by atoms with Crippen LogP contribution in [0.25, 0.3) is 0 Å². The van der Waals surface area contributed by atoms with Gasteiger partial charge in [-0.25, -0.2) is 12.8 Å². The normalized spacial score (nSPS) is 24.8. The zero-order valence-electron chi connectivity index (χ0n) is 21.4. The second-order valence-electron chi connectivity index (χ2n) is 10.7. The van der Waals surface area contributed by atoms with Gasteiger partial charge in [0, 0.05) is 24.6 Å². The first kappa shape index (κ1) is 30.3. The van der Waals surface area contributed by atoms with Gasteiger partial charge >= 0.3 is 12.4 Å². The average Bonchev–Trinajstić information content (AvgIpc) is 3.35. The fourth-order valence-electron chi connectivity index (χ4n) is 5.69. The lowest BCUT2D eigenvalue weighted by atomic mass is 9.82. The molecule has 2 aromatic rings. The Morgan fingerprint density at radius 1 is 0.900 bits per heavy atom. The molecular formula is C27H28F7NO4S. The zero-order valence-corrected chi connectivity index (χ0v) is 22.2. The van der Waals surface area contributed by atoms with Crippen LogP contribution in [0.5, 0.6) is 0 Å². The first-order chi connectivity index (χ1) is 18.4. The highest BCUT2D eigenvalue weighted by Gasteiger charge is 2.71. The van der Waals surface area contributed by atoms with Gasteiger partial charge in [-0.2, -0.15) is 26.3 Å². The number of hydrogen-bond donors (Lipinski definition) is 1. The molecule has 0 bridgehead atoms. The maximum absolute atomic E-state index is 14.0. The third-order valence-electron chi connectivity index (χ3n) is 8.20. The Balaban J connectivity index is 1.78. The number of likely N-dealkylation sites (tertiary alicyclic amines) is 1. The summed E-state index contributed by atoms with van der Waals surface area (Å²) in [7, 11) is -4.45. The molecular weight excluding hydrogens is 567 g/mol. The van der Waals surface area contributed by atoms with E-state index in [4.69, 9.17) is 0 Å². The number of amides is 1. The number of alkyl halides is 6. The molecule has 1 heterocycles. The van der Waals surface area contributed by atoms with E-state index in [0.717, 1.165) is 49.2 Å². The Bertz CT molecular complexity index is 1320. The van der Waals surface area contributed by atoms with Crippen molar-refractivity contribution < 1.29 is 49.1 Å². The molecule has 2 aromatic carbocycles. The van der Waals surface area contributed by atoms with Crippen molar-refractivity contribution in [1.29, 1.82) is 0 Å². The van der Waals surface area contributed by atoms with Gasteiger partial charge in [0.15, 0.2) is 9.84 Å². The summed E-state index contributed by atoms with van der Waals surface area (Å²) in [5.74, 6) is -0.850. The first-order valence-electron chi connectivity index (χ1n) is 12.7. The summed E-state index contributed by atoms with van der Waals surface area (Å²) >= 11 is 0. The number of carbonyl (C=O) groups excluding carboxylic acids is 1. The monoisotopic (exact) mass is 595 g/mol. The third-order valence-corrected chi connectivity index (χ3v) is 10.7. The van der Waals surface area contributed by atoms with Crippen LogP contribution in [0, 0.1) is 17.7 Å². The van der Waals surface area contributed by atoms with Gasteiger partial charge in [-0.15, -0.1) is 0 Å². The van der Waals surface area contributed by atoms with Crippen LogP contribution < -0.4 is 0 Å². The Morgan fingerprint density at radius 2 is 1.43 bits per heavy atom. The topological polar surface area (TPSA) is 74.7 Å². The first-order valence-corrected chi connectivity index (χ1v) is 14.2. The lowest BCUT2D eigenvalue weighted by molar-refractivity contribution is -0.376. The number of rotatable bonds is 5. The number of sulfone groups is 1. The summed E-state index contributed by atoms with van der Waals surface area (Å²) in [5.41, 5.74) is -6.87. The van der Waals surface area contributed by atoms with Gasteiger partial charge < -0.3 is 10.0 Å². The van der Waals surface area contributed by atoms with Crippen molar-refractivity contribution in [1.82, 2.24) is 4.90 Å². The summed E-state index contributed by atoms with van der Waals surface area (Å²) < 4.78 is 120. The number of hydrogen-bond acceptors (Lipinski definition) is 4. The molecule has 13 heteroatoms. The molecule has 1 saturated carbocycles. The summed E-state index contributed by atoms with van der Waals surface area (Å²) in [6.45, 7) is 1.67. The second-order valence-corrected chi connectivity index (χ2v) is 13.0. The molecule has 0 radical (unpaired) electrons. The molecule has 4 rings (SSSR count). The van der Waals surface area contributed by atoms with Crippen molar-refractivity contribution in [3.05, 3.63) is 65.5 Å². The summed E-state index contributed by atoms with van der Waals surface area (Å²) in [4.78, 5) is 14.4. The highest BCUT2D eigenvalue weighted by molar-refractivity contribution is 7.92. The number of carbonyl (C=O) groups is 1. The molecule has 2 fully saturated rings. The van der Waals surface area contributed by atoms with Gasteiger partial charge in [0.25, 0.3) is 5.60 Å².